The molecule has 17 heavy (non-hydrogen) atoms. The maximum absolute atomic E-state index is 12.3. The zero-order valence-electron chi connectivity index (χ0n) is 9.59. The van der Waals surface area contributed by atoms with Gasteiger partial charge in [0.05, 0.1) is 4.90 Å². The van der Waals surface area contributed by atoms with Crippen molar-refractivity contribution in [2.75, 3.05) is 19.6 Å². The van der Waals surface area contributed by atoms with Gasteiger partial charge in [0.15, 0.2) is 0 Å². The summed E-state index contributed by atoms with van der Waals surface area (Å²) in [5, 5.41) is 3.41. The number of H-pyrrole nitrogens is 1. The highest BCUT2D eigenvalue weighted by Crippen LogP contribution is 2.29. The van der Waals surface area contributed by atoms with Crippen molar-refractivity contribution in [2.45, 2.75) is 23.8 Å². The van der Waals surface area contributed by atoms with Crippen LogP contribution in [-0.2, 0) is 10.0 Å². The van der Waals surface area contributed by atoms with Gasteiger partial charge in [-0.05, 0) is 31.4 Å². The number of hydrogen-bond donors (Lipinski definition) is 2. The lowest BCUT2D eigenvalue weighted by molar-refractivity contribution is 0.339. The Hall–Kier alpha value is -0.850. The molecule has 2 fully saturated rings. The highest BCUT2D eigenvalue weighted by molar-refractivity contribution is 7.89. The molecule has 0 saturated carbocycles. The molecule has 94 valence electrons. The van der Waals surface area contributed by atoms with Gasteiger partial charge in [-0.15, -0.1) is 0 Å². The third-order valence-corrected chi connectivity index (χ3v) is 5.60. The smallest absolute Gasteiger partial charge is 0.244 e. The minimum Gasteiger partial charge on any atom is -0.366 e. The van der Waals surface area contributed by atoms with Gasteiger partial charge in [0.1, 0.15) is 0 Å². The first-order chi connectivity index (χ1) is 8.18. The summed E-state index contributed by atoms with van der Waals surface area (Å²) < 4.78 is 26.2. The topological polar surface area (TPSA) is 65.2 Å². The third-order valence-electron chi connectivity index (χ3n) is 3.77. The zero-order chi connectivity index (χ0) is 11.9. The fourth-order valence-electron chi connectivity index (χ4n) is 2.82. The number of hydrogen-bond acceptors (Lipinski definition) is 3. The molecule has 0 bridgehead atoms. The molecule has 0 radical (unpaired) electrons. The van der Waals surface area contributed by atoms with Crippen molar-refractivity contribution >= 4 is 10.0 Å². The number of nitrogens with one attached hydrogen (secondary N) is 2. The van der Waals surface area contributed by atoms with Gasteiger partial charge >= 0.3 is 0 Å². The molecule has 3 heterocycles. The number of fused-ring (bicyclic) bond motifs is 1. The molecular formula is C11H17N3O2S. The maximum atomic E-state index is 12.3. The lowest BCUT2D eigenvalue weighted by Crippen LogP contribution is -2.41. The second-order valence-corrected chi connectivity index (χ2v) is 6.77. The Labute approximate surface area is 101 Å². The van der Waals surface area contributed by atoms with Gasteiger partial charge in [-0.25, -0.2) is 8.42 Å². The van der Waals surface area contributed by atoms with Crippen molar-refractivity contribution in [3.05, 3.63) is 18.5 Å². The predicted molar refractivity (Wildman–Crippen MR) is 64.1 cm³/mol. The summed E-state index contributed by atoms with van der Waals surface area (Å²) in [5.41, 5.74) is 0. The summed E-state index contributed by atoms with van der Waals surface area (Å²) in [6, 6.07) is 1.96. The molecule has 2 saturated heterocycles. The number of sulfonamides is 1. The molecule has 0 spiro atoms. The Kier molecular flexibility index (Phi) is 2.72. The molecule has 2 atom stereocenters. The fourth-order valence-corrected chi connectivity index (χ4v) is 4.32. The van der Waals surface area contributed by atoms with Crippen molar-refractivity contribution in [3.63, 3.8) is 0 Å². The summed E-state index contributed by atoms with van der Waals surface area (Å²) in [7, 11) is -3.29. The Morgan fingerprint density at radius 3 is 2.94 bits per heavy atom. The molecule has 5 nitrogen and oxygen atoms in total. The van der Waals surface area contributed by atoms with Gasteiger partial charge in [-0.2, -0.15) is 4.31 Å². The van der Waals surface area contributed by atoms with E-state index in [4.69, 9.17) is 0 Å². The minimum absolute atomic E-state index is 0.345. The van der Waals surface area contributed by atoms with Crippen molar-refractivity contribution in [1.82, 2.24) is 14.6 Å². The summed E-state index contributed by atoms with van der Waals surface area (Å²) in [5.74, 6) is 0.484. The van der Waals surface area contributed by atoms with E-state index in [0.29, 0.717) is 29.9 Å². The van der Waals surface area contributed by atoms with Crippen LogP contribution < -0.4 is 5.32 Å². The molecule has 0 aromatic carbocycles. The second-order valence-electron chi connectivity index (χ2n) is 4.83. The number of aromatic nitrogens is 1. The van der Waals surface area contributed by atoms with Gasteiger partial charge in [0.25, 0.3) is 0 Å². The average molecular weight is 255 g/mol. The fraction of sp³-hybridized carbons (Fsp3) is 0.636. The zero-order valence-corrected chi connectivity index (χ0v) is 10.4. The Balaban J connectivity index is 1.82. The van der Waals surface area contributed by atoms with E-state index in [0.717, 1.165) is 19.4 Å². The van der Waals surface area contributed by atoms with Crippen molar-refractivity contribution < 1.29 is 8.42 Å². The minimum atomic E-state index is -3.29. The largest absolute Gasteiger partial charge is 0.366 e. The Morgan fingerprint density at radius 1 is 1.35 bits per heavy atom. The van der Waals surface area contributed by atoms with Crippen LogP contribution in [0.2, 0.25) is 0 Å². The lowest BCUT2D eigenvalue weighted by Gasteiger charge is -2.24. The molecule has 0 unspecified atom stereocenters. The van der Waals surface area contributed by atoms with E-state index in [1.54, 1.807) is 22.8 Å². The molecule has 0 amide bonds. The quantitative estimate of drug-likeness (QED) is 0.803. The molecule has 6 heteroatoms. The number of rotatable bonds is 2. The Bertz CT molecular complexity index is 469. The number of piperidine rings is 1. The highest BCUT2D eigenvalue weighted by Gasteiger charge is 2.40. The molecule has 2 aliphatic rings. The summed E-state index contributed by atoms with van der Waals surface area (Å²) in [6.45, 7) is 2.28. The van der Waals surface area contributed by atoms with E-state index in [-0.39, 0.29) is 0 Å². The van der Waals surface area contributed by atoms with E-state index < -0.39 is 10.0 Å². The van der Waals surface area contributed by atoms with Crippen LogP contribution in [0.4, 0.5) is 0 Å². The summed E-state index contributed by atoms with van der Waals surface area (Å²) >= 11 is 0. The van der Waals surface area contributed by atoms with Crippen molar-refractivity contribution in [1.29, 1.82) is 0 Å². The molecule has 2 N–H and O–H groups in total. The molecule has 1 aromatic heterocycles. The first-order valence-corrected chi connectivity index (χ1v) is 7.48. The second kappa shape index (κ2) is 4.12. The molecule has 0 aliphatic carbocycles. The third kappa shape index (κ3) is 1.90. The van der Waals surface area contributed by atoms with Crippen LogP contribution in [0.3, 0.4) is 0 Å². The number of aromatic amines is 1. The molecule has 1 aromatic rings. The number of nitrogens with zero attached hydrogens (tertiary/aromatic N) is 1. The SMILES string of the molecule is O=S(=O)(c1cc[nH]c1)N1C[C@@H]2CCCN[C@@H]2C1. The van der Waals surface area contributed by atoms with Crippen LogP contribution in [0, 0.1) is 5.92 Å². The van der Waals surface area contributed by atoms with Gasteiger partial charge in [0.2, 0.25) is 10.0 Å². The summed E-state index contributed by atoms with van der Waals surface area (Å²) in [6.07, 6.45) is 5.48. The van der Waals surface area contributed by atoms with Crippen LogP contribution in [0.5, 0.6) is 0 Å². The van der Waals surface area contributed by atoms with E-state index in [2.05, 4.69) is 10.3 Å². The van der Waals surface area contributed by atoms with E-state index >= 15 is 0 Å². The molecule has 3 rings (SSSR count). The molecule has 2 aliphatic heterocycles. The van der Waals surface area contributed by atoms with Crippen LogP contribution in [0.1, 0.15) is 12.8 Å². The van der Waals surface area contributed by atoms with Crippen LogP contribution in [0.15, 0.2) is 23.4 Å². The lowest BCUT2D eigenvalue weighted by atomic mass is 9.94. The highest BCUT2D eigenvalue weighted by atomic mass is 32.2. The van der Waals surface area contributed by atoms with Crippen LogP contribution in [-0.4, -0.2) is 43.4 Å². The van der Waals surface area contributed by atoms with Crippen LogP contribution in [0.25, 0.3) is 0 Å². The van der Waals surface area contributed by atoms with Crippen molar-refractivity contribution in [3.8, 4) is 0 Å². The van der Waals surface area contributed by atoms with Gasteiger partial charge in [-0.1, -0.05) is 0 Å². The normalized spacial score (nSPS) is 30.4. The Morgan fingerprint density at radius 2 is 2.24 bits per heavy atom. The first-order valence-electron chi connectivity index (χ1n) is 6.04. The summed E-state index contributed by atoms with van der Waals surface area (Å²) in [4.78, 5) is 3.17. The average Bonchev–Trinajstić information content (AvgIpc) is 2.98. The van der Waals surface area contributed by atoms with Gasteiger partial charge < -0.3 is 10.3 Å². The van der Waals surface area contributed by atoms with Gasteiger partial charge in [0, 0.05) is 31.5 Å². The van der Waals surface area contributed by atoms with E-state index in [1.807, 2.05) is 0 Å². The van der Waals surface area contributed by atoms with Gasteiger partial charge in [-0.3, -0.25) is 0 Å². The monoisotopic (exact) mass is 255 g/mol. The van der Waals surface area contributed by atoms with E-state index in [1.165, 1.54) is 0 Å². The van der Waals surface area contributed by atoms with E-state index in [9.17, 15) is 8.42 Å². The molecular weight excluding hydrogens is 238 g/mol. The first kappa shape index (κ1) is 11.3. The van der Waals surface area contributed by atoms with Crippen molar-refractivity contribution in [2.24, 2.45) is 5.92 Å². The standard InChI is InChI=1S/C11H17N3O2S/c15-17(16,10-3-5-12-6-10)14-7-9-2-1-4-13-11(9)8-14/h3,5-6,9,11-13H,1-2,4,7-8H2/t9-,11+/m0/s1. The maximum Gasteiger partial charge on any atom is 0.244 e. The predicted octanol–water partition coefficient (Wildman–Crippen LogP) is 0.387. The van der Waals surface area contributed by atoms with Crippen LogP contribution >= 0.6 is 0 Å².